The summed E-state index contributed by atoms with van der Waals surface area (Å²) in [6, 6.07) is 11.1. The van der Waals surface area contributed by atoms with Crippen LogP contribution in [0.3, 0.4) is 0 Å². The summed E-state index contributed by atoms with van der Waals surface area (Å²) in [6.07, 6.45) is 0.129. The fourth-order valence-corrected chi connectivity index (χ4v) is 3.22. The van der Waals surface area contributed by atoms with Crippen LogP contribution in [0.5, 0.6) is 0 Å². The van der Waals surface area contributed by atoms with E-state index in [0.717, 1.165) is 23.4 Å². The van der Waals surface area contributed by atoms with Crippen LogP contribution in [-0.2, 0) is 9.84 Å². The number of anilines is 1. The first-order valence-electron chi connectivity index (χ1n) is 7.16. The molecule has 0 spiro atoms. The van der Waals surface area contributed by atoms with Gasteiger partial charge in [-0.2, -0.15) is 0 Å². The highest BCUT2D eigenvalue weighted by atomic mass is 32.2. The van der Waals surface area contributed by atoms with Gasteiger partial charge in [-0.05, 0) is 30.2 Å². The predicted octanol–water partition coefficient (Wildman–Crippen LogP) is 2.45. The maximum absolute atomic E-state index is 11.7. The van der Waals surface area contributed by atoms with Crippen molar-refractivity contribution in [2.24, 2.45) is 0 Å². The Bertz CT molecular complexity index is 865. The molecule has 0 aliphatic rings. The quantitative estimate of drug-likeness (QED) is 0.612. The van der Waals surface area contributed by atoms with Gasteiger partial charge in [-0.25, -0.2) is 8.42 Å². The van der Waals surface area contributed by atoms with E-state index in [1.54, 1.807) is 6.07 Å². The zero-order valence-electron chi connectivity index (χ0n) is 13.3. The molecule has 0 bridgehead atoms. The number of aryl methyl sites for hydroxylation is 1. The van der Waals surface area contributed by atoms with E-state index in [1.165, 1.54) is 12.1 Å². The van der Waals surface area contributed by atoms with E-state index in [0.29, 0.717) is 5.69 Å². The highest BCUT2D eigenvalue weighted by molar-refractivity contribution is 7.90. The number of nitro groups is 1. The zero-order valence-corrected chi connectivity index (χ0v) is 14.1. The van der Waals surface area contributed by atoms with Crippen molar-refractivity contribution < 1.29 is 18.4 Å². The molecule has 0 saturated heterocycles. The number of rotatable bonds is 6. The number of hydrogen-bond acceptors (Lipinski definition) is 6. The Kier molecular flexibility index (Phi) is 5.20. The van der Waals surface area contributed by atoms with Crippen LogP contribution in [0.25, 0.3) is 0 Å². The van der Waals surface area contributed by atoms with Crippen molar-refractivity contribution in [3.8, 4) is 0 Å². The summed E-state index contributed by atoms with van der Waals surface area (Å²) >= 11 is 0. The Morgan fingerprint density at radius 3 is 2.50 bits per heavy atom. The minimum Gasteiger partial charge on any atom is -0.387 e. The number of benzene rings is 2. The van der Waals surface area contributed by atoms with Crippen LogP contribution < -0.4 is 5.32 Å². The molecule has 0 aromatic heterocycles. The molecule has 0 heterocycles. The molecular formula is C16H18N2O5S. The Morgan fingerprint density at radius 2 is 1.92 bits per heavy atom. The summed E-state index contributed by atoms with van der Waals surface area (Å²) < 4.78 is 23.5. The van der Waals surface area contributed by atoms with Crippen LogP contribution in [0, 0.1) is 17.0 Å². The molecule has 24 heavy (non-hydrogen) atoms. The third-order valence-corrected chi connectivity index (χ3v) is 4.73. The van der Waals surface area contributed by atoms with Gasteiger partial charge >= 0.3 is 0 Å². The minimum absolute atomic E-state index is 0.145. The Morgan fingerprint density at radius 1 is 1.25 bits per heavy atom. The van der Waals surface area contributed by atoms with Crippen LogP contribution in [-0.4, -0.2) is 31.2 Å². The third kappa shape index (κ3) is 4.09. The van der Waals surface area contributed by atoms with Gasteiger partial charge < -0.3 is 10.4 Å². The first kappa shape index (κ1) is 17.9. The van der Waals surface area contributed by atoms with Crippen molar-refractivity contribution in [2.75, 3.05) is 18.1 Å². The highest BCUT2D eigenvalue weighted by Gasteiger charge is 2.22. The number of hydrogen-bond donors (Lipinski definition) is 2. The van der Waals surface area contributed by atoms with Gasteiger partial charge in [-0.15, -0.1) is 0 Å². The molecule has 1 unspecified atom stereocenters. The van der Waals surface area contributed by atoms with Gasteiger partial charge in [0.25, 0.3) is 5.69 Å². The molecule has 7 nitrogen and oxygen atoms in total. The second-order valence-corrected chi connectivity index (χ2v) is 7.45. The summed E-state index contributed by atoms with van der Waals surface area (Å²) in [4.78, 5) is 9.86. The number of aliphatic hydroxyl groups is 1. The smallest absolute Gasteiger partial charge is 0.288 e. The van der Waals surface area contributed by atoms with E-state index in [9.17, 15) is 23.6 Å². The van der Waals surface area contributed by atoms with Gasteiger partial charge in [-0.3, -0.25) is 10.1 Å². The van der Waals surface area contributed by atoms with Crippen LogP contribution in [0.1, 0.15) is 17.2 Å². The predicted molar refractivity (Wildman–Crippen MR) is 90.8 cm³/mol. The van der Waals surface area contributed by atoms with Crippen molar-refractivity contribution in [3.05, 3.63) is 63.7 Å². The molecule has 128 valence electrons. The van der Waals surface area contributed by atoms with Gasteiger partial charge in [-0.1, -0.05) is 24.3 Å². The highest BCUT2D eigenvalue weighted by Crippen LogP contribution is 2.27. The topological polar surface area (TPSA) is 110 Å². The first-order chi connectivity index (χ1) is 11.2. The van der Waals surface area contributed by atoms with Crippen LogP contribution >= 0.6 is 0 Å². The van der Waals surface area contributed by atoms with Gasteiger partial charge in [0.15, 0.2) is 9.84 Å². The van der Waals surface area contributed by atoms with Gasteiger partial charge in [0.2, 0.25) is 0 Å². The molecule has 0 radical (unpaired) electrons. The maximum atomic E-state index is 11.7. The summed E-state index contributed by atoms with van der Waals surface area (Å²) in [6.45, 7) is 2.03. The van der Waals surface area contributed by atoms with Crippen LogP contribution in [0.4, 0.5) is 11.4 Å². The normalized spacial score (nSPS) is 12.6. The molecule has 2 rings (SSSR count). The van der Waals surface area contributed by atoms with Crippen molar-refractivity contribution >= 4 is 21.2 Å². The number of nitrogens with zero attached hydrogens (tertiary/aromatic N) is 1. The lowest BCUT2D eigenvalue weighted by Crippen LogP contribution is -2.13. The largest absolute Gasteiger partial charge is 0.387 e. The fraction of sp³-hybridized carbons (Fsp3) is 0.250. The lowest BCUT2D eigenvalue weighted by Gasteiger charge is -2.15. The molecule has 1 atom stereocenters. The number of sulfone groups is 1. The van der Waals surface area contributed by atoms with Crippen molar-refractivity contribution in [2.45, 2.75) is 17.9 Å². The number of nitro benzene ring substituents is 1. The Hall–Kier alpha value is -2.45. The lowest BCUT2D eigenvalue weighted by molar-refractivity contribution is -0.387. The van der Waals surface area contributed by atoms with Gasteiger partial charge in [0.1, 0.15) is 4.90 Å². The Labute approximate surface area is 140 Å². The first-order valence-corrected chi connectivity index (χ1v) is 9.05. The minimum atomic E-state index is -3.74. The summed E-state index contributed by atoms with van der Waals surface area (Å²) in [5, 5.41) is 24.1. The molecule has 0 aliphatic carbocycles. The average Bonchev–Trinajstić information content (AvgIpc) is 2.51. The van der Waals surface area contributed by atoms with Crippen LogP contribution in [0.2, 0.25) is 0 Å². The second-order valence-electron chi connectivity index (χ2n) is 5.47. The lowest BCUT2D eigenvalue weighted by atomic mass is 10.0. The Balaban J connectivity index is 2.22. The number of nitrogens with one attached hydrogen (secondary N) is 1. The van der Waals surface area contributed by atoms with E-state index >= 15 is 0 Å². The van der Waals surface area contributed by atoms with Crippen molar-refractivity contribution in [1.29, 1.82) is 0 Å². The van der Waals surface area contributed by atoms with E-state index < -0.39 is 26.6 Å². The molecule has 0 saturated carbocycles. The van der Waals surface area contributed by atoms with Crippen LogP contribution in [0.15, 0.2) is 47.4 Å². The van der Waals surface area contributed by atoms with E-state index in [2.05, 4.69) is 5.32 Å². The summed E-state index contributed by atoms with van der Waals surface area (Å²) in [5.74, 6) is 0. The van der Waals surface area contributed by atoms with Gasteiger partial charge in [0, 0.05) is 24.6 Å². The maximum Gasteiger partial charge on any atom is 0.288 e. The molecule has 0 aliphatic heterocycles. The molecule has 8 heteroatoms. The van der Waals surface area contributed by atoms with Crippen molar-refractivity contribution in [3.63, 3.8) is 0 Å². The molecule has 0 amide bonds. The van der Waals surface area contributed by atoms with E-state index in [1.807, 2.05) is 25.1 Å². The third-order valence-electron chi connectivity index (χ3n) is 3.60. The molecular weight excluding hydrogens is 332 g/mol. The summed E-state index contributed by atoms with van der Waals surface area (Å²) in [7, 11) is -3.74. The standard InChI is InChI=1S/C16H18N2O5S/c1-11-5-3-4-6-13(11)15(19)10-17-12-7-8-14(18(20)21)16(9-12)24(2,22)23/h3-9,15,17,19H,10H2,1-2H3. The molecule has 2 aromatic rings. The zero-order chi connectivity index (χ0) is 17.9. The van der Waals surface area contributed by atoms with Gasteiger partial charge in [0.05, 0.1) is 11.0 Å². The van der Waals surface area contributed by atoms with E-state index in [-0.39, 0.29) is 11.4 Å². The van der Waals surface area contributed by atoms with E-state index in [4.69, 9.17) is 0 Å². The van der Waals surface area contributed by atoms with Crippen molar-refractivity contribution in [1.82, 2.24) is 0 Å². The monoisotopic (exact) mass is 350 g/mol. The second kappa shape index (κ2) is 6.98. The molecule has 2 aromatic carbocycles. The fourth-order valence-electron chi connectivity index (χ4n) is 2.36. The summed E-state index contributed by atoms with van der Waals surface area (Å²) in [5.41, 5.74) is 1.61. The number of aliphatic hydroxyl groups excluding tert-OH is 1. The molecule has 2 N–H and O–H groups in total. The SMILES string of the molecule is Cc1ccccc1C(O)CNc1ccc([N+](=O)[O-])c(S(C)(=O)=O)c1. The average molecular weight is 350 g/mol. The molecule has 0 fully saturated rings.